The highest BCUT2D eigenvalue weighted by molar-refractivity contribution is 5.82. The van der Waals surface area contributed by atoms with Crippen LogP contribution in [0.2, 0.25) is 0 Å². The molecule has 1 N–H and O–H groups in total. The maximum absolute atomic E-state index is 14.2. The molecule has 3 aromatic carbocycles. The number of hydrogen-bond donors (Lipinski definition) is 1. The molecule has 1 aliphatic rings. The molecule has 178 valence electrons. The Hall–Kier alpha value is -4.52. The number of rotatable bonds is 6. The van der Waals surface area contributed by atoms with Gasteiger partial charge in [-0.1, -0.05) is 36.4 Å². The van der Waals surface area contributed by atoms with E-state index in [1.54, 1.807) is 18.3 Å². The number of fused-ring (bicyclic) bond motifs is 1. The minimum absolute atomic E-state index is 0.147. The summed E-state index contributed by atoms with van der Waals surface area (Å²) in [6, 6.07) is 23.6. The number of aromatic nitrogens is 3. The standard InChI is InChI=1S/C29H23FN4O2/c30-23-7-2-1-6-22(23)19-10-12-21(13-11-19)36-27-17-26-25(16-20(27)18-34-15-5-9-28(34)35)32-29(33-26)24-8-3-4-14-31-24/h1-4,6-8,10-14,16-17H,5,9,15,18H2,(H,32,33). The van der Waals surface area contributed by atoms with E-state index in [1.165, 1.54) is 6.07 Å². The highest BCUT2D eigenvalue weighted by Gasteiger charge is 2.22. The van der Waals surface area contributed by atoms with Crippen LogP contribution in [0, 0.1) is 5.82 Å². The number of nitrogens with zero attached hydrogens (tertiary/aromatic N) is 3. The first kappa shape index (κ1) is 22.0. The number of pyridine rings is 1. The summed E-state index contributed by atoms with van der Waals surface area (Å²) in [6.07, 6.45) is 3.17. The molecule has 6 rings (SSSR count). The van der Waals surface area contributed by atoms with Crippen LogP contribution in [0.5, 0.6) is 11.5 Å². The minimum Gasteiger partial charge on any atom is -0.457 e. The van der Waals surface area contributed by atoms with Crippen molar-refractivity contribution in [3.05, 3.63) is 96.4 Å². The van der Waals surface area contributed by atoms with E-state index in [9.17, 15) is 9.18 Å². The largest absolute Gasteiger partial charge is 0.457 e. The molecule has 1 fully saturated rings. The molecule has 2 aromatic heterocycles. The Kier molecular flexibility index (Phi) is 5.65. The molecule has 7 heteroatoms. The second-order valence-electron chi connectivity index (χ2n) is 8.80. The predicted molar refractivity (Wildman–Crippen MR) is 136 cm³/mol. The van der Waals surface area contributed by atoms with Gasteiger partial charge in [0.25, 0.3) is 0 Å². The lowest BCUT2D eigenvalue weighted by Gasteiger charge is -2.18. The van der Waals surface area contributed by atoms with Crippen molar-refractivity contribution in [1.82, 2.24) is 19.9 Å². The fourth-order valence-electron chi connectivity index (χ4n) is 4.53. The molecule has 6 nitrogen and oxygen atoms in total. The Morgan fingerprint density at radius 2 is 1.83 bits per heavy atom. The lowest BCUT2D eigenvalue weighted by molar-refractivity contribution is -0.128. The zero-order valence-electron chi connectivity index (χ0n) is 19.4. The van der Waals surface area contributed by atoms with Gasteiger partial charge in [-0.15, -0.1) is 0 Å². The number of ether oxygens (including phenoxy) is 1. The molecular formula is C29H23FN4O2. The van der Waals surface area contributed by atoms with E-state index in [1.807, 2.05) is 65.6 Å². The Labute approximate surface area is 207 Å². The third-order valence-corrected chi connectivity index (χ3v) is 6.37. The van der Waals surface area contributed by atoms with E-state index in [0.29, 0.717) is 35.9 Å². The number of aromatic amines is 1. The van der Waals surface area contributed by atoms with Crippen LogP contribution in [0.15, 0.2) is 85.1 Å². The van der Waals surface area contributed by atoms with E-state index in [0.717, 1.165) is 40.8 Å². The smallest absolute Gasteiger partial charge is 0.222 e. The molecule has 0 radical (unpaired) electrons. The number of nitrogens with one attached hydrogen (secondary N) is 1. The van der Waals surface area contributed by atoms with Crippen LogP contribution >= 0.6 is 0 Å². The van der Waals surface area contributed by atoms with Crippen molar-refractivity contribution in [2.45, 2.75) is 19.4 Å². The second kappa shape index (κ2) is 9.26. The van der Waals surface area contributed by atoms with Crippen LogP contribution in [0.4, 0.5) is 4.39 Å². The van der Waals surface area contributed by atoms with Crippen LogP contribution in [0.3, 0.4) is 0 Å². The Bertz CT molecular complexity index is 1550. The third kappa shape index (κ3) is 4.31. The maximum atomic E-state index is 14.2. The zero-order chi connectivity index (χ0) is 24.5. The van der Waals surface area contributed by atoms with Crippen molar-refractivity contribution in [1.29, 1.82) is 0 Å². The second-order valence-corrected chi connectivity index (χ2v) is 8.80. The summed E-state index contributed by atoms with van der Waals surface area (Å²) in [5.41, 5.74) is 4.52. The molecule has 0 aliphatic carbocycles. The summed E-state index contributed by atoms with van der Waals surface area (Å²) in [7, 11) is 0. The zero-order valence-corrected chi connectivity index (χ0v) is 19.4. The van der Waals surface area contributed by atoms with E-state index in [2.05, 4.69) is 9.97 Å². The molecule has 0 spiro atoms. The number of halogens is 1. The summed E-state index contributed by atoms with van der Waals surface area (Å²) in [5, 5.41) is 0. The van der Waals surface area contributed by atoms with E-state index in [-0.39, 0.29) is 11.7 Å². The van der Waals surface area contributed by atoms with E-state index < -0.39 is 0 Å². The van der Waals surface area contributed by atoms with Gasteiger partial charge < -0.3 is 14.6 Å². The summed E-state index contributed by atoms with van der Waals surface area (Å²) in [6.45, 7) is 1.19. The third-order valence-electron chi connectivity index (χ3n) is 6.37. The number of carbonyl (C=O) groups excluding carboxylic acids is 1. The monoisotopic (exact) mass is 478 g/mol. The van der Waals surface area contributed by atoms with Crippen LogP contribution in [-0.2, 0) is 11.3 Å². The summed E-state index contributed by atoms with van der Waals surface area (Å²) >= 11 is 0. The van der Waals surface area contributed by atoms with Gasteiger partial charge in [0.05, 0.1) is 11.0 Å². The quantitative estimate of drug-likeness (QED) is 0.309. The molecule has 0 atom stereocenters. The molecule has 36 heavy (non-hydrogen) atoms. The van der Waals surface area contributed by atoms with Crippen LogP contribution in [-0.4, -0.2) is 32.3 Å². The number of imidazole rings is 1. The van der Waals surface area contributed by atoms with Gasteiger partial charge in [0.2, 0.25) is 5.91 Å². The molecule has 1 aliphatic heterocycles. The highest BCUT2D eigenvalue weighted by atomic mass is 19.1. The summed E-state index contributed by atoms with van der Waals surface area (Å²) < 4.78 is 20.5. The van der Waals surface area contributed by atoms with Crippen molar-refractivity contribution in [2.75, 3.05) is 6.54 Å². The molecule has 0 unspecified atom stereocenters. The Morgan fingerprint density at radius 1 is 1.00 bits per heavy atom. The Balaban J connectivity index is 1.35. The Morgan fingerprint density at radius 3 is 2.58 bits per heavy atom. The van der Waals surface area contributed by atoms with Crippen LogP contribution < -0.4 is 4.74 Å². The van der Waals surface area contributed by atoms with Crippen molar-refractivity contribution in [2.24, 2.45) is 0 Å². The normalized spacial score (nSPS) is 13.5. The first-order chi connectivity index (χ1) is 17.6. The van der Waals surface area contributed by atoms with Crippen LogP contribution in [0.1, 0.15) is 18.4 Å². The van der Waals surface area contributed by atoms with Gasteiger partial charge >= 0.3 is 0 Å². The lowest BCUT2D eigenvalue weighted by atomic mass is 10.1. The molecule has 3 heterocycles. The number of carbonyl (C=O) groups is 1. The number of amides is 1. The van der Waals surface area contributed by atoms with Gasteiger partial charge in [0.1, 0.15) is 23.0 Å². The van der Waals surface area contributed by atoms with E-state index in [4.69, 9.17) is 9.72 Å². The van der Waals surface area contributed by atoms with Gasteiger partial charge in [0.15, 0.2) is 5.82 Å². The number of benzene rings is 3. The molecule has 0 saturated carbocycles. The number of likely N-dealkylation sites (tertiary alicyclic amines) is 1. The average Bonchev–Trinajstić information content (AvgIpc) is 3.51. The van der Waals surface area contributed by atoms with Crippen molar-refractivity contribution >= 4 is 16.9 Å². The number of H-pyrrole nitrogens is 1. The van der Waals surface area contributed by atoms with Crippen molar-refractivity contribution in [3.8, 4) is 34.1 Å². The lowest BCUT2D eigenvalue weighted by Crippen LogP contribution is -2.24. The first-order valence-electron chi connectivity index (χ1n) is 11.9. The van der Waals surface area contributed by atoms with E-state index >= 15 is 0 Å². The fraction of sp³-hybridized carbons (Fsp3) is 0.138. The molecule has 1 amide bonds. The maximum Gasteiger partial charge on any atom is 0.222 e. The predicted octanol–water partition coefficient (Wildman–Crippen LogP) is 6.35. The average molecular weight is 479 g/mol. The fourth-order valence-corrected chi connectivity index (χ4v) is 4.53. The highest BCUT2D eigenvalue weighted by Crippen LogP contribution is 2.33. The molecular weight excluding hydrogens is 455 g/mol. The van der Waals surface area contributed by atoms with Crippen molar-refractivity contribution in [3.63, 3.8) is 0 Å². The molecule has 5 aromatic rings. The van der Waals surface area contributed by atoms with Gasteiger partial charge in [0, 0.05) is 42.9 Å². The molecule has 1 saturated heterocycles. The topological polar surface area (TPSA) is 71.1 Å². The summed E-state index contributed by atoms with van der Waals surface area (Å²) in [5.74, 6) is 1.79. The van der Waals surface area contributed by atoms with Gasteiger partial charge in [-0.25, -0.2) is 9.37 Å². The summed E-state index contributed by atoms with van der Waals surface area (Å²) in [4.78, 5) is 26.6. The van der Waals surface area contributed by atoms with Crippen LogP contribution in [0.25, 0.3) is 33.7 Å². The number of hydrogen-bond acceptors (Lipinski definition) is 4. The molecule has 0 bridgehead atoms. The minimum atomic E-state index is -0.267. The van der Waals surface area contributed by atoms with Gasteiger partial charge in [-0.05, 0) is 48.4 Å². The SMILES string of the molecule is O=C1CCCN1Cc1cc2[nH]c(-c3ccccn3)nc2cc1Oc1ccc(-c2ccccc2F)cc1. The first-order valence-corrected chi connectivity index (χ1v) is 11.9. The van der Waals surface area contributed by atoms with Gasteiger partial charge in [-0.3, -0.25) is 9.78 Å². The van der Waals surface area contributed by atoms with Crippen molar-refractivity contribution < 1.29 is 13.9 Å². The van der Waals surface area contributed by atoms with Gasteiger partial charge in [-0.2, -0.15) is 0 Å².